The fourth-order valence-corrected chi connectivity index (χ4v) is 11.9. The molecule has 1 spiro atoms. The number of amides is 2. The number of likely N-dealkylation sites (tertiary alicyclic amines) is 1. The van der Waals surface area contributed by atoms with Gasteiger partial charge in [0, 0.05) is 63.2 Å². The Morgan fingerprint density at radius 3 is 2.24 bits per heavy atom. The van der Waals surface area contributed by atoms with Crippen molar-refractivity contribution in [2.45, 2.75) is 115 Å². The summed E-state index contributed by atoms with van der Waals surface area (Å²) in [5.41, 5.74) is 1.14. The van der Waals surface area contributed by atoms with E-state index >= 15 is 0 Å². The number of carbonyl (C=O) groups excluding carboxylic acids is 3. The van der Waals surface area contributed by atoms with Crippen LogP contribution in [0.3, 0.4) is 0 Å². The molecule has 1 aliphatic heterocycles. The van der Waals surface area contributed by atoms with Gasteiger partial charge in [0.2, 0.25) is 23.0 Å². The van der Waals surface area contributed by atoms with Gasteiger partial charge in [-0.2, -0.15) is 0 Å². The number of aromatic nitrogens is 1. The Labute approximate surface area is 403 Å². The fraction of sp³-hybridized carbons (Fsp3) is 0.490. The van der Waals surface area contributed by atoms with Crippen molar-refractivity contribution in [1.29, 1.82) is 0 Å². The molecule has 7 rings (SSSR count). The van der Waals surface area contributed by atoms with Crippen molar-refractivity contribution in [2.75, 3.05) is 45.1 Å². The number of thiophene rings is 2. The summed E-state index contributed by atoms with van der Waals surface area (Å²) < 4.78 is 12.8. The SMILES string of the molecule is CN(CCCCC(=O)Nc1ccc(CNC[C@H](O[Si](C)(C)C(C)(C)C)c2ccc(O)c3[nH]c(=O)ccc23)cc1)C(=O)CCN1CCC2(CC1)CC(OC(=O)C(O)(c1cccs1)c1cccs1)C2. The van der Waals surface area contributed by atoms with Crippen LogP contribution in [-0.4, -0.2) is 97.0 Å². The molecule has 2 amide bonds. The maximum Gasteiger partial charge on any atom is 0.349 e. The quantitative estimate of drug-likeness (QED) is 0.0288. The van der Waals surface area contributed by atoms with Gasteiger partial charge in [0.1, 0.15) is 11.9 Å². The first-order valence-electron chi connectivity index (χ1n) is 23.5. The summed E-state index contributed by atoms with van der Waals surface area (Å²) in [5, 5.41) is 33.1. The van der Waals surface area contributed by atoms with Crippen LogP contribution in [0.25, 0.3) is 10.9 Å². The summed E-state index contributed by atoms with van der Waals surface area (Å²) in [6.07, 6.45) is 5.27. The number of aromatic hydroxyl groups is 1. The second kappa shape index (κ2) is 21.3. The van der Waals surface area contributed by atoms with Crippen molar-refractivity contribution in [3.8, 4) is 5.75 Å². The summed E-state index contributed by atoms with van der Waals surface area (Å²) in [6.45, 7) is 15.2. The Bertz CT molecular complexity index is 2470. The number of fused-ring (bicyclic) bond motifs is 1. The van der Waals surface area contributed by atoms with E-state index in [2.05, 4.69) is 54.4 Å². The van der Waals surface area contributed by atoms with Gasteiger partial charge in [-0.05, 0) is 133 Å². The van der Waals surface area contributed by atoms with Crippen LogP contribution in [0.15, 0.2) is 88.4 Å². The molecule has 2 fully saturated rings. The number of nitrogens with zero attached hydrogens (tertiary/aromatic N) is 2. The Morgan fingerprint density at radius 2 is 1.61 bits per heavy atom. The van der Waals surface area contributed by atoms with Crippen LogP contribution in [0.4, 0.5) is 5.69 Å². The molecule has 1 atom stereocenters. The molecular formula is C51H67N5O8S2Si. The Kier molecular flexibility index (Phi) is 16.0. The lowest BCUT2D eigenvalue weighted by Crippen LogP contribution is -2.52. The molecule has 0 bridgehead atoms. The minimum absolute atomic E-state index is 0.0160. The number of phenolic OH excluding ortho intramolecular Hbond substituents is 1. The van der Waals surface area contributed by atoms with Gasteiger partial charge in [0.25, 0.3) is 0 Å². The van der Waals surface area contributed by atoms with Crippen LogP contribution >= 0.6 is 22.7 Å². The van der Waals surface area contributed by atoms with Crippen molar-refractivity contribution < 1.29 is 33.8 Å². The van der Waals surface area contributed by atoms with E-state index in [1.165, 1.54) is 28.7 Å². The molecule has 4 heterocycles. The average Bonchev–Trinajstić information content (AvgIpc) is 4.04. The molecule has 2 aliphatic rings. The van der Waals surface area contributed by atoms with E-state index in [0.29, 0.717) is 60.7 Å². The molecule has 67 heavy (non-hydrogen) atoms. The Hall–Kier alpha value is -4.68. The summed E-state index contributed by atoms with van der Waals surface area (Å²) >= 11 is 2.69. The molecule has 16 heteroatoms. The molecule has 0 radical (unpaired) electrons. The van der Waals surface area contributed by atoms with Gasteiger partial charge in [0.05, 0.1) is 21.4 Å². The number of esters is 1. The molecule has 5 N–H and O–H groups in total. The largest absolute Gasteiger partial charge is 0.506 e. The standard InChI is InChI=1S/C51H67N5O8S2Si/c1-49(2,3)67(5,6)64-41(38-18-20-40(57)47-39(38)19-21-45(59)54-47)34-52-33-35-14-16-36(17-15-35)53-44(58)13-7-8-25-55(4)46(60)22-26-56-27-23-50(24-28-56)31-37(32-50)63-48(61)51(62,42-11-9-29-65-42)43-12-10-30-66-43/h9-12,14-21,29-30,37,41,52,57,62H,7-8,13,22-28,31-34H2,1-6H3,(H,53,58)(H,54,59)/t41-/m0/s1. The first-order chi connectivity index (χ1) is 31.9. The average molecular weight is 970 g/mol. The van der Waals surface area contributed by atoms with E-state index in [1.54, 1.807) is 29.2 Å². The lowest BCUT2D eigenvalue weighted by atomic mass is 9.61. The molecule has 1 aliphatic carbocycles. The normalized spacial score (nSPS) is 16.2. The van der Waals surface area contributed by atoms with Crippen LogP contribution in [-0.2, 0) is 35.7 Å². The predicted molar refractivity (Wildman–Crippen MR) is 269 cm³/mol. The third kappa shape index (κ3) is 12.1. The van der Waals surface area contributed by atoms with Crippen molar-refractivity contribution in [3.63, 3.8) is 0 Å². The number of unbranched alkanes of at least 4 members (excludes halogenated alkanes) is 1. The molecule has 360 valence electrons. The molecule has 5 aromatic rings. The first kappa shape index (κ1) is 50.2. The van der Waals surface area contributed by atoms with Crippen molar-refractivity contribution >= 4 is 65.4 Å². The molecular weight excluding hydrogens is 903 g/mol. The topological polar surface area (TPSA) is 174 Å². The lowest BCUT2D eigenvalue weighted by Gasteiger charge is -2.51. The Morgan fingerprint density at radius 1 is 0.940 bits per heavy atom. The highest BCUT2D eigenvalue weighted by molar-refractivity contribution is 7.12. The van der Waals surface area contributed by atoms with E-state index in [1.807, 2.05) is 60.3 Å². The maximum atomic E-state index is 13.4. The predicted octanol–water partition coefficient (Wildman–Crippen LogP) is 8.89. The zero-order valence-corrected chi connectivity index (χ0v) is 42.3. The van der Waals surface area contributed by atoms with Gasteiger partial charge in [-0.15, -0.1) is 22.7 Å². The van der Waals surface area contributed by atoms with Gasteiger partial charge in [-0.1, -0.05) is 51.1 Å². The molecule has 2 aromatic carbocycles. The van der Waals surface area contributed by atoms with E-state index in [4.69, 9.17) is 9.16 Å². The molecule has 3 aromatic heterocycles. The second-order valence-electron chi connectivity index (χ2n) is 20.0. The van der Waals surface area contributed by atoms with Crippen molar-refractivity contribution in [3.05, 3.63) is 115 Å². The number of rotatable bonds is 20. The number of hydrogen-bond acceptors (Lipinski definition) is 12. The van der Waals surface area contributed by atoms with Gasteiger partial charge < -0.3 is 44.8 Å². The number of ether oxygens (including phenoxy) is 1. The zero-order chi connectivity index (χ0) is 48.0. The van der Waals surface area contributed by atoms with Crippen molar-refractivity contribution in [2.24, 2.45) is 5.41 Å². The third-order valence-corrected chi connectivity index (χ3v) is 20.6. The summed E-state index contributed by atoms with van der Waals surface area (Å²) in [6, 6.07) is 21.7. The van der Waals surface area contributed by atoms with Crippen molar-refractivity contribution in [1.82, 2.24) is 20.1 Å². The summed E-state index contributed by atoms with van der Waals surface area (Å²) in [7, 11) is -0.385. The number of piperidine rings is 1. The first-order valence-corrected chi connectivity index (χ1v) is 28.1. The van der Waals surface area contributed by atoms with Crippen LogP contribution in [0, 0.1) is 5.41 Å². The zero-order valence-electron chi connectivity index (χ0n) is 39.7. The Balaban J connectivity index is 0.777. The smallest absolute Gasteiger partial charge is 0.349 e. The minimum atomic E-state index is -2.22. The third-order valence-electron chi connectivity index (χ3n) is 14.2. The van der Waals surface area contributed by atoms with E-state index in [0.717, 1.165) is 67.4 Å². The fourth-order valence-electron chi connectivity index (χ4n) is 8.94. The molecule has 13 nitrogen and oxygen atoms in total. The number of H-pyrrole nitrogens is 1. The lowest BCUT2D eigenvalue weighted by molar-refractivity contribution is -0.181. The number of anilines is 1. The number of hydrogen-bond donors (Lipinski definition) is 5. The number of pyridine rings is 1. The number of carbonyl (C=O) groups is 3. The minimum Gasteiger partial charge on any atom is -0.506 e. The summed E-state index contributed by atoms with van der Waals surface area (Å²) in [5.74, 6) is -0.553. The van der Waals surface area contributed by atoms with Gasteiger partial charge in [0.15, 0.2) is 8.32 Å². The summed E-state index contributed by atoms with van der Waals surface area (Å²) in [4.78, 5) is 59.3. The molecule has 1 saturated carbocycles. The number of nitrogens with one attached hydrogen (secondary N) is 3. The van der Waals surface area contributed by atoms with Crippen LogP contribution < -0.4 is 16.2 Å². The number of phenols is 1. The number of aliphatic hydroxyl groups is 1. The maximum absolute atomic E-state index is 13.4. The van der Waals surface area contributed by atoms with Crippen LogP contribution in [0.2, 0.25) is 18.1 Å². The number of benzene rings is 2. The number of aromatic amines is 1. The van der Waals surface area contributed by atoms with E-state index < -0.39 is 19.9 Å². The second-order valence-corrected chi connectivity index (χ2v) is 26.6. The van der Waals surface area contributed by atoms with E-state index in [-0.39, 0.29) is 45.8 Å². The highest BCUT2D eigenvalue weighted by atomic mass is 32.1. The van der Waals surface area contributed by atoms with Gasteiger partial charge in [-0.3, -0.25) is 14.4 Å². The van der Waals surface area contributed by atoms with E-state index in [9.17, 15) is 29.4 Å². The van der Waals surface area contributed by atoms with Gasteiger partial charge >= 0.3 is 5.97 Å². The highest BCUT2D eigenvalue weighted by Crippen LogP contribution is 2.51. The monoisotopic (exact) mass is 969 g/mol. The van der Waals surface area contributed by atoms with Gasteiger partial charge in [-0.25, -0.2) is 4.79 Å². The molecule has 0 unspecified atom stereocenters. The highest BCUT2D eigenvalue weighted by Gasteiger charge is 2.51. The van der Waals surface area contributed by atoms with Crippen LogP contribution in [0.5, 0.6) is 5.75 Å². The molecule has 1 saturated heterocycles. The van der Waals surface area contributed by atoms with Crippen LogP contribution in [0.1, 0.15) is 99.1 Å².